The molecule has 0 bridgehead atoms. The highest BCUT2D eigenvalue weighted by molar-refractivity contribution is 8.03. The molecule has 18 heavy (non-hydrogen) atoms. The number of allylic oxidation sites excluding steroid dienone is 3. The van der Waals surface area contributed by atoms with Crippen molar-refractivity contribution < 1.29 is 14.2 Å². The number of ether oxygens (including phenoxy) is 3. The van der Waals surface area contributed by atoms with Crippen molar-refractivity contribution in [3.05, 3.63) is 22.5 Å². The molecule has 1 rings (SSSR count). The SMILES string of the molecule is CCS/C(C)=C\C(OC)=C(/C)OC1CCCOC1. The number of thioether (sulfide) groups is 1. The van der Waals surface area contributed by atoms with Gasteiger partial charge >= 0.3 is 0 Å². The van der Waals surface area contributed by atoms with Gasteiger partial charge in [0.2, 0.25) is 0 Å². The third-order valence-corrected chi connectivity index (χ3v) is 3.60. The Morgan fingerprint density at radius 1 is 1.44 bits per heavy atom. The van der Waals surface area contributed by atoms with E-state index in [-0.39, 0.29) is 6.10 Å². The minimum Gasteiger partial charge on any atom is -0.493 e. The second kappa shape index (κ2) is 8.48. The summed E-state index contributed by atoms with van der Waals surface area (Å²) in [6.07, 6.45) is 4.32. The van der Waals surface area contributed by atoms with Crippen LogP contribution in [0.25, 0.3) is 0 Å². The molecule has 4 heteroatoms. The first-order chi connectivity index (χ1) is 8.67. The summed E-state index contributed by atoms with van der Waals surface area (Å²) in [6.45, 7) is 7.71. The third-order valence-electron chi connectivity index (χ3n) is 2.74. The van der Waals surface area contributed by atoms with Gasteiger partial charge in [-0.15, -0.1) is 11.8 Å². The largest absolute Gasteiger partial charge is 0.493 e. The van der Waals surface area contributed by atoms with Crippen LogP contribution in [-0.2, 0) is 14.2 Å². The van der Waals surface area contributed by atoms with Crippen molar-refractivity contribution in [2.45, 2.75) is 39.7 Å². The summed E-state index contributed by atoms with van der Waals surface area (Å²) in [7, 11) is 1.68. The highest BCUT2D eigenvalue weighted by Crippen LogP contribution is 2.21. The first kappa shape index (κ1) is 15.4. The molecule has 1 unspecified atom stereocenters. The summed E-state index contributed by atoms with van der Waals surface area (Å²) in [4.78, 5) is 1.23. The van der Waals surface area contributed by atoms with Gasteiger partial charge in [-0.25, -0.2) is 0 Å². The summed E-state index contributed by atoms with van der Waals surface area (Å²) in [5.41, 5.74) is 0. The van der Waals surface area contributed by atoms with E-state index >= 15 is 0 Å². The smallest absolute Gasteiger partial charge is 0.156 e. The Balaban J connectivity index is 2.63. The molecule has 104 valence electrons. The Morgan fingerprint density at radius 3 is 2.78 bits per heavy atom. The normalized spacial score (nSPS) is 22.4. The van der Waals surface area contributed by atoms with E-state index in [4.69, 9.17) is 14.2 Å². The van der Waals surface area contributed by atoms with E-state index in [0.717, 1.165) is 36.7 Å². The van der Waals surface area contributed by atoms with Gasteiger partial charge in [-0.3, -0.25) is 0 Å². The van der Waals surface area contributed by atoms with Crippen LogP contribution < -0.4 is 0 Å². The van der Waals surface area contributed by atoms with Gasteiger partial charge < -0.3 is 14.2 Å². The summed E-state index contributed by atoms with van der Waals surface area (Å²) < 4.78 is 16.7. The average molecular weight is 272 g/mol. The van der Waals surface area contributed by atoms with Crippen molar-refractivity contribution in [3.63, 3.8) is 0 Å². The Labute approximate surface area is 115 Å². The monoisotopic (exact) mass is 272 g/mol. The van der Waals surface area contributed by atoms with Crippen molar-refractivity contribution >= 4 is 11.8 Å². The van der Waals surface area contributed by atoms with Crippen LogP contribution in [-0.4, -0.2) is 32.2 Å². The third kappa shape index (κ3) is 5.36. The molecular formula is C14H24O3S. The maximum atomic E-state index is 5.90. The van der Waals surface area contributed by atoms with E-state index in [9.17, 15) is 0 Å². The van der Waals surface area contributed by atoms with Gasteiger partial charge in [0.25, 0.3) is 0 Å². The lowest BCUT2D eigenvalue weighted by molar-refractivity contribution is -0.0257. The van der Waals surface area contributed by atoms with Crippen LogP contribution in [0.15, 0.2) is 22.5 Å². The van der Waals surface area contributed by atoms with Crippen molar-refractivity contribution in [2.24, 2.45) is 0 Å². The van der Waals surface area contributed by atoms with Crippen LogP contribution in [0, 0.1) is 0 Å². The fourth-order valence-corrected chi connectivity index (χ4v) is 2.52. The molecular weight excluding hydrogens is 248 g/mol. The molecule has 0 aromatic heterocycles. The Morgan fingerprint density at radius 2 is 2.22 bits per heavy atom. The van der Waals surface area contributed by atoms with Crippen LogP contribution >= 0.6 is 11.8 Å². The molecule has 1 heterocycles. The fourth-order valence-electron chi connectivity index (χ4n) is 1.87. The fraction of sp³-hybridized carbons (Fsp3) is 0.714. The standard InChI is InChI=1S/C14H24O3S/c1-5-18-11(2)9-14(15-4)12(3)17-13-7-6-8-16-10-13/h9,13H,5-8,10H2,1-4H3/b11-9-,14-12-. The first-order valence-corrected chi connectivity index (χ1v) is 7.46. The summed E-state index contributed by atoms with van der Waals surface area (Å²) in [5, 5.41) is 0. The van der Waals surface area contributed by atoms with Gasteiger partial charge in [0.1, 0.15) is 11.9 Å². The van der Waals surface area contributed by atoms with E-state index in [1.54, 1.807) is 18.9 Å². The van der Waals surface area contributed by atoms with Crippen LogP contribution in [0.2, 0.25) is 0 Å². The number of hydrogen-bond acceptors (Lipinski definition) is 4. The molecule has 0 radical (unpaired) electrons. The minimum absolute atomic E-state index is 0.163. The zero-order chi connectivity index (χ0) is 13.4. The van der Waals surface area contributed by atoms with Gasteiger partial charge in [-0.2, -0.15) is 0 Å². The molecule has 0 aliphatic carbocycles. The average Bonchev–Trinajstić information content (AvgIpc) is 2.37. The highest BCUT2D eigenvalue weighted by Gasteiger charge is 2.16. The van der Waals surface area contributed by atoms with Crippen molar-refractivity contribution in [1.82, 2.24) is 0 Å². The molecule has 0 amide bonds. The van der Waals surface area contributed by atoms with Gasteiger partial charge in [0.05, 0.1) is 13.7 Å². The number of methoxy groups -OCH3 is 1. The Kier molecular flexibility index (Phi) is 7.28. The lowest BCUT2D eigenvalue weighted by Crippen LogP contribution is -2.25. The highest BCUT2D eigenvalue weighted by atomic mass is 32.2. The number of rotatable bonds is 6. The van der Waals surface area contributed by atoms with Crippen LogP contribution in [0.1, 0.15) is 33.6 Å². The Hall–Kier alpha value is -0.610. The van der Waals surface area contributed by atoms with Crippen molar-refractivity contribution in [2.75, 3.05) is 26.1 Å². The lowest BCUT2D eigenvalue weighted by atomic mass is 10.2. The molecule has 1 aliphatic rings. The molecule has 1 aliphatic heterocycles. The maximum absolute atomic E-state index is 5.90. The van der Waals surface area contributed by atoms with E-state index in [1.807, 2.05) is 13.0 Å². The molecule has 1 saturated heterocycles. The van der Waals surface area contributed by atoms with Crippen LogP contribution in [0.4, 0.5) is 0 Å². The summed E-state index contributed by atoms with van der Waals surface area (Å²) >= 11 is 1.81. The zero-order valence-corrected chi connectivity index (χ0v) is 12.6. The molecule has 1 atom stereocenters. The molecule has 3 nitrogen and oxygen atoms in total. The topological polar surface area (TPSA) is 27.7 Å². The second-order valence-corrected chi connectivity index (χ2v) is 5.78. The molecule has 0 N–H and O–H groups in total. The molecule has 0 saturated carbocycles. The van der Waals surface area contributed by atoms with Gasteiger partial charge in [-0.05, 0) is 43.4 Å². The molecule has 0 aromatic rings. The van der Waals surface area contributed by atoms with Crippen LogP contribution in [0.5, 0.6) is 0 Å². The predicted molar refractivity (Wildman–Crippen MR) is 76.5 cm³/mol. The van der Waals surface area contributed by atoms with Gasteiger partial charge in [0, 0.05) is 6.61 Å². The summed E-state index contributed by atoms with van der Waals surface area (Å²) in [6, 6.07) is 0. The number of hydrogen-bond donors (Lipinski definition) is 0. The van der Waals surface area contributed by atoms with Crippen LogP contribution in [0.3, 0.4) is 0 Å². The predicted octanol–water partition coefficient (Wildman–Crippen LogP) is 3.72. The first-order valence-electron chi connectivity index (χ1n) is 6.47. The molecule has 0 aromatic carbocycles. The van der Waals surface area contributed by atoms with Crippen molar-refractivity contribution in [1.29, 1.82) is 0 Å². The Bertz CT molecular complexity index is 304. The quantitative estimate of drug-likeness (QED) is 0.544. The van der Waals surface area contributed by atoms with Crippen molar-refractivity contribution in [3.8, 4) is 0 Å². The van der Waals surface area contributed by atoms with E-state index in [1.165, 1.54) is 4.91 Å². The van der Waals surface area contributed by atoms with Gasteiger partial charge in [-0.1, -0.05) is 6.92 Å². The summed E-state index contributed by atoms with van der Waals surface area (Å²) in [5.74, 6) is 2.71. The zero-order valence-electron chi connectivity index (χ0n) is 11.8. The van der Waals surface area contributed by atoms with E-state index < -0.39 is 0 Å². The molecule has 1 fully saturated rings. The van der Waals surface area contributed by atoms with E-state index in [2.05, 4.69) is 13.8 Å². The van der Waals surface area contributed by atoms with Gasteiger partial charge in [0.15, 0.2) is 5.76 Å². The maximum Gasteiger partial charge on any atom is 0.156 e. The molecule has 0 spiro atoms. The minimum atomic E-state index is 0.163. The van der Waals surface area contributed by atoms with E-state index in [0.29, 0.717) is 6.61 Å². The second-order valence-electron chi connectivity index (χ2n) is 4.27. The lowest BCUT2D eigenvalue weighted by Gasteiger charge is -2.24.